The predicted octanol–water partition coefficient (Wildman–Crippen LogP) is 4.18. The number of hydrogen-bond donors (Lipinski definition) is 0. The standard InChI is InChI=1S/C28H28F2N4O3S/c29-21-6-3-5-20(17-21)28(36)33(11-10-32-12-14-37-15-13-32)19-27(35)34-25(26-9-4-16-38-26)18-24(31-34)22-7-1-2-8-23(22)30/h1-9,16-17,25H,10-15,18-19H2/t25-/m1/s1. The maximum absolute atomic E-state index is 14.6. The van der Waals surface area contributed by atoms with Gasteiger partial charge in [0, 0.05) is 48.6 Å². The van der Waals surface area contributed by atoms with Crippen molar-refractivity contribution in [2.24, 2.45) is 5.10 Å². The second-order valence-electron chi connectivity index (χ2n) is 9.19. The Hall–Kier alpha value is -3.47. The van der Waals surface area contributed by atoms with Crippen molar-refractivity contribution in [3.05, 3.63) is 93.7 Å². The van der Waals surface area contributed by atoms with Gasteiger partial charge in [0.2, 0.25) is 0 Å². The fourth-order valence-electron chi connectivity index (χ4n) is 4.68. The zero-order valence-corrected chi connectivity index (χ0v) is 21.6. The van der Waals surface area contributed by atoms with Crippen molar-refractivity contribution < 1.29 is 23.1 Å². The molecule has 10 heteroatoms. The Bertz CT molecular complexity index is 1310. The van der Waals surface area contributed by atoms with Crippen LogP contribution in [0.15, 0.2) is 71.1 Å². The topological polar surface area (TPSA) is 65.5 Å². The highest BCUT2D eigenvalue weighted by atomic mass is 32.1. The first-order valence-corrected chi connectivity index (χ1v) is 13.4. The summed E-state index contributed by atoms with van der Waals surface area (Å²) in [5, 5.41) is 7.83. The Morgan fingerprint density at radius 3 is 2.61 bits per heavy atom. The van der Waals surface area contributed by atoms with Crippen LogP contribution < -0.4 is 0 Å². The number of ether oxygens (including phenoxy) is 1. The second-order valence-corrected chi connectivity index (χ2v) is 10.2. The fourth-order valence-corrected chi connectivity index (χ4v) is 5.49. The first-order chi connectivity index (χ1) is 18.5. The summed E-state index contributed by atoms with van der Waals surface area (Å²) in [6.07, 6.45) is 0.360. The van der Waals surface area contributed by atoms with E-state index in [9.17, 15) is 18.4 Å². The number of carbonyl (C=O) groups excluding carboxylic acids is 2. The molecule has 1 aromatic heterocycles. The van der Waals surface area contributed by atoms with Crippen molar-refractivity contribution in [1.29, 1.82) is 0 Å². The summed E-state index contributed by atoms with van der Waals surface area (Å²) in [6.45, 7) is 3.28. The van der Waals surface area contributed by atoms with Crippen LogP contribution in [-0.2, 0) is 9.53 Å². The Morgan fingerprint density at radius 2 is 1.87 bits per heavy atom. The minimum absolute atomic E-state index is 0.173. The summed E-state index contributed by atoms with van der Waals surface area (Å²) in [7, 11) is 0. The first-order valence-electron chi connectivity index (χ1n) is 12.5. The SMILES string of the molecule is O=C(c1cccc(F)c1)N(CCN1CCOCC1)CC(=O)N1N=C(c2ccccc2F)C[C@@H]1c1cccs1. The summed E-state index contributed by atoms with van der Waals surface area (Å²) in [5.41, 5.74) is 1.00. The van der Waals surface area contributed by atoms with Gasteiger partial charge < -0.3 is 9.64 Å². The first kappa shape index (κ1) is 26.1. The summed E-state index contributed by atoms with van der Waals surface area (Å²) >= 11 is 1.49. The van der Waals surface area contributed by atoms with Gasteiger partial charge in [-0.05, 0) is 35.7 Å². The van der Waals surface area contributed by atoms with Gasteiger partial charge in [-0.2, -0.15) is 5.10 Å². The highest BCUT2D eigenvalue weighted by molar-refractivity contribution is 7.10. The minimum Gasteiger partial charge on any atom is -0.379 e. The number of halogens is 2. The van der Waals surface area contributed by atoms with Gasteiger partial charge in [0.25, 0.3) is 11.8 Å². The molecule has 0 radical (unpaired) electrons. The molecule has 0 saturated carbocycles. The predicted molar refractivity (Wildman–Crippen MR) is 141 cm³/mol. The molecule has 2 aliphatic rings. The number of nitrogens with zero attached hydrogens (tertiary/aromatic N) is 4. The molecule has 38 heavy (non-hydrogen) atoms. The van der Waals surface area contributed by atoms with Crippen LogP contribution in [0.3, 0.4) is 0 Å². The molecule has 2 amide bonds. The maximum Gasteiger partial charge on any atom is 0.262 e. The van der Waals surface area contributed by atoms with E-state index in [1.165, 1.54) is 51.6 Å². The van der Waals surface area contributed by atoms with Crippen LogP contribution in [0.25, 0.3) is 0 Å². The van der Waals surface area contributed by atoms with Crippen molar-refractivity contribution >= 4 is 28.9 Å². The van der Waals surface area contributed by atoms with Crippen molar-refractivity contribution in [3.8, 4) is 0 Å². The number of rotatable bonds is 8. The number of amides is 2. The number of hydrogen-bond acceptors (Lipinski definition) is 6. The molecule has 0 N–H and O–H groups in total. The van der Waals surface area contributed by atoms with E-state index in [-0.39, 0.29) is 24.6 Å². The molecule has 1 atom stereocenters. The maximum atomic E-state index is 14.6. The third-order valence-electron chi connectivity index (χ3n) is 6.70. The van der Waals surface area contributed by atoms with E-state index in [4.69, 9.17) is 4.74 Å². The number of morpholine rings is 1. The highest BCUT2D eigenvalue weighted by Gasteiger charge is 2.35. The number of carbonyl (C=O) groups is 2. The van der Waals surface area contributed by atoms with E-state index in [0.29, 0.717) is 37.5 Å². The smallest absolute Gasteiger partial charge is 0.262 e. The van der Waals surface area contributed by atoms with E-state index >= 15 is 0 Å². The summed E-state index contributed by atoms with van der Waals surface area (Å²) in [4.78, 5) is 31.7. The van der Waals surface area contributed by atoms with Gasteiger partial charge in [0.1, 0.15) is 18.2 Å². The third-order valence-corrected chi connectivity index (χ3v) is 7.67. The lowest BCUT2D eigenvalue weighted by Crippen LogP contribution is -2.46. The average Bonchev–Trinajstić information content (AvgIpc) is 3.62. The molecule has 198 valence electrons. The normalized spacial score (nSPS) is 17.9. The van der Waals surface area contributed by atoms with E-state index in [2.05, 4.69) is 10.0 Å². The molecule has 3 heterocycles. The van der Waals surface area contributed by atoms with Crippen LogP contribution >= 0.6 is 11.3 Å². The van der Waals surface area contributed by atoms with Crippen LogP contribution in [0.5, 0.6) is 0 Å². The zero-order chi connectivity index (χ0) is 26.5. The molecule has 0 spiro atoms. The summed E-state index contributed by atoms with van der Waals surface area (Å²) in [6, 6.07) is 15.2. The highest BCUT2D eigenvalue weighted by Crippen LogP contribution is 2.35. The Morgan fingerprint density at radius 1 is 1.05 bits per heavy atom. The lowest BCUT2D eigenvalue weighted by atomic mass is 10.0. The number of thiophene rings is 1. The van der Waals surface area contributed by atoms with Crippen LogP contribution in [0.1, 0.15) is 33.3 Å². The summed E-state index contributed by atoms with van der Waals surface area (Å²) < 4.78 is 33.9. The molecular weight excluding hydrogens is 510 g/mol. The zero-order valence-electron chi connectivity index (χ0n) is 20.8. The van der Waals surface area contributed by atoms with Crippen molar-refractivity contribution in [2.45, 2.75) is 12.5 Å². The fraction of sp³-hybridized carbons (Fsp3) is 0.321. The van der Waals surface area contributed by atoms with Gasteiger partial charge in [0.15, 0.2) is 0 Å². The molecule has 5 rings (SSSR count). The van der Waals surface area contributed by atoms with Gasteiger partial charge in [0.05, 0.1) is 25.0 Å². The van der Waals surface area contributed by atoms with E-state index in [1.54, 1.807) is 18.2 Å². The second kappa shape index (κ2) is 11.9. The van der Waals surface area contributed by atoms with E-state index in [1.807, 2.05) is 17.5 Å². The molecule has 7 nitrogen and oxygen atoms in total. The monoisotopic (exact) mass is 538 g/mol. The van der Waals surface area contributed by atoms with Gasteiger partial charge in [-0.25, -0.2) is 13.8 Å². The molecule has 0 unspecified atom stereocenters. The quantitative estimate of drug-likeness (QED) is 0.432. The Kier molecular flexibility index (Phi) is 8.21. The van der Waals surface area contributed by atoms with Gasteiger partial charge in [-0.15, -0.1) is 11.3 Å². The van der Waals surface area contributed by atoms with Gasteiger partial charge >= 0.3 is 0 Å². The molecule has 3 aromatic rings. The Balaban J connectivity index is 1.40. The molecule has 0 aliphatic carbocycles. The number of hydrazone groups is 1. The van der Waals surface area contributed by atoms with E-state index < -0.39 is 23.6 Å². The molecular formula is C28H28F2N4O3S. The van der Waals surface area contributed by atoms with Crippen LogP contribution in [0.2, 0.25) is 0 Å². The Labute approximate surface area is 223 Å². The van der Waals surface area contributed by atoms with Gasteiger partial charge in [-0.3, -0.25) is 14.5 Å². The molecule has 1 fully saturated rings. The summed E-state index contributed by atoms with van der Waals surface area (Å²) in [5.74, 6) is -1.75. The lowest BCUT2D eigenvalue weighted by Gasteiger charge is -2.31. The largest absolute Gasteiger partial charge is 0.379 e. The van der Waals surface area contributed by atoms with Crippen LogP contribution in [-0.4, -0.2) is 78.3 Å². The van der Waals surface area contributed by atoms with Crippen LogP contribution in [0, 0.1) is 11.6 Å². The molecule has 0 bridgehead atoms. The van der Waals surface area contributed by atoms with Crippen LogP contribution in [0.4, 0.5) is 8.78 Å². The molecule has 1 saturated heterocycles. The van der Waals surface area contributed by atoms with Crippen molar-refractivity contribution in [1.82, 2.24) is 14.8 Å². The van der Waals surface area contributed by atoms with Crippen molar-refractivity contribution in [2.75, 3.05) is 45.9 Å². The average molecular weight is 539 g/mol. The van der Waals surface area contributed by atoms with E-state index in [0.717, 1.165) is 18.0 Å². The number of benzene rings is 2. The third kappa shape index (κ3) is 5.98. The molecule has 2 aliphatic heterocycles. The lowest BCUT2D eigenvalue weighted by molar-refractivity contribution is -0.133. The van der Waals surface area contributed by atoms with Gasteiger partial charge in [-0.1, -0.05) is 30.3 Å². The molecule has 2 aromatic carbocycles. The minimum atomic E-state index is -0.522. The van der Waals surface area contributed by atoms with Crippen molar-refractivity contribution in [3.63, 3.8) is 0 Å².